The van der Waals surface area contributed by atoms with Gasteiger partial charge in [0, 0.05) is 6.43 Å². The van der Waals surface area contributed by atoms with Crippen LogP contribution in [0, 0.1) is 6.43 Å². The molecule has 0 spiro atoms. The zero-order valence-corrected chi connectivity index (χ0v) is 9.52. The van der Waals surface area contributed by atoms with Crippen LogP contribution in [0.3, 0.4) is 0 Å². The second-order valence-electron chi connectivity index (χ2n) is 0.497. The van der Waals surface area contributed by atoms with Crippen molar-refractivity contribution in [1.29, 1.82) is 0 Å². The van der Waals surface area contributed by atoms with Crippen LogP contribution in [0.25, 0.3) is 0 Å². The Balaban J connectivity index is 0. The maximum absolute atomic E-state index is 10.4. The third kappa shape index (κ3) is 13.9. The topological polar surface area (TPSA) is 20.2 Å². The second kappa shape index (κ2) is 3.82. The summed E-state index contributed by atoms with van der Waals surface area (Å²) in [6, 6.07) is 0. The Morgan fingerprint density at radius 3 is 1.67 bits per heavy atom. The van der Waals surface area contributed by atoms with E-state index in [1.54, 1.807) is 0 Å². The molecule has 4 heteroatoms. The molecule has 0 radical (unpaired) electrons. The molecule has 0 bridgehead atoms. The second-order valence-corrected chi connectivity index (χ2v) is 0.497. The van der Waals surface area contributed by atoms with Gasteiger partial charge in [0.2, 0.25) is 0 Å². The first-order valence-corrected chi connectivity index (χ1v) is 1.05. The summed E-state index contributed by atoms with van der Waals surface area (Å²) in [7, 11) is 0. The number of halogens is 2. The maximum atomic E-state index is 10.4. The molecule has 0 aliphatic rings. The van der Waals surface area contributed by atoms with Crippen LogP contribution in [0.1, 0.15) is 0 Å². The molecule has 0 aliphatic carbocycles. The van der Waals surface area contributed by atoms with Gasteiger partial charge in [-0.1, -0.05) is 0 Å². The first-order chi connectivity index (χ1) is 2.27. The summed E-state index contributed by atoms with van der Waals surface area (Å²) in [6.07, 6.45) is -1.94. The van der Waals surface area contributed by atoms with E-state index in [0.717, 1.165) is 0 Å². The number of hydrogen-bond acceptors (Lipinski definition) is 1. The SMILES string of the molecule is OC[C-](F)F.[Rf]. The Hall–Kier alpha value is -1.18. The average Bonchev–Trinajstić information content (AvgIpc) is 1.38. The van der Waals surface area contributed by atoms with Crippen LogP contribution in [0.15, 0.2) is 0 Å². The van der Waals surface area contributed by atoms with Crippen LogP contribution in [-0.2, 0) is 0 Å². The van der Waals surface area contributed by atoms with Gasteiger partial charge in [-0.2, -0.15) is 0 Å². The summed E-state index contributed by atoms with van der Waals surface area (Å²) < 4.78 is 20.9. The molecular formula is C2H3F2ORf-. The maximum Gasteiger partial charge on any atom is 0.0256 e. The van der Waals surface area contributed by atoms with Crippen molar-refractivity contribution in [3.8, 4) is 0 Å². The Morgan fingerprint density at radius 2 is 1.67 bits per heavy atom. The number of rotatable bonds is 1. The predicted molar refractivity (Wildman–Crippen MR) is 12.5 cm³/mol. The molecule has 6 heavy (non-hydrogen) atoms. The predicted octanol–water partition coefficient (Wildman–Crippen LogP) is 0.407. The van der Waals surface area contributed by atoms with Crippen LogP contribution in [0.4, 0.5) is 8.78 Å². The average molecular weight is 348 g/mol. The molecule has 0 amide bonds. The van der Waals surface area contributed by atoms with E-state index in [0.29, 0.717) is 0 Å². The van der Waals surface area contributed by atoms with E-state index in [1.807, 2.05) is 0 Å². The quantitative estimate of drug-likeness (QED) is 0.681. The summed E-state index contributed by atoms with van der Waals surface area (Å²) >= 11 is 0. The number of aliphatic hydroxyl groups is 1. The molecule has 1 N–H and O–H groups in total. The van der Waals surface area contributed by atoms with Crippen molar-refractivity contribution >= 4 is 0 Å². The number of hydrogen-bond donors (Lipinski definition) is 1. The summed E-state index contributed by atoms with van der Waals surface area (Å²) in [4.78, 5) is 0. The molecule has 0 aromatic rings. The Bertz CT molecular complexity index is 25.5. The van der Waals surface area contributed by atoms with E-state index in [2.05, 4.69) is 0 Å². The van der Waals surface area contributed by atoms with Gasteiger partial charge in [-0.3, -0.25) is 0 Å². The number of aliphatic hydroxyl groups excluding tert-OH is 1. The van der Waals surface area contributed by atoms with Gasteiger partial charge in [0.25, 0.3) is 0 Å². The third-order valence-corrected chi connectivity index (χ3v) is 0.120. The summed E-state index contributed by atoms with van der Waals surface area (Å²) in [6.45, 7) is -1.11. The molecule has 0 aromatic heterocycles. The van der Waals surface area contributed by atoms with Gasteiger partial charge >= 0.3 is 0 Å². The van der Waals surface area contributed by atoms with Crippen molar-refractivity contribution in [2.45, 2.75) is 0 Å². The zero-order valence-electron chi connectivity index (χ0n) is 3.12. The molecule has 0 aromatic carbocycles. The van der Waals surface area contributed by atoms with Gasteiger partial charge in [-0.25, -0.2) is 0 Å². The van der Waals surface area contributed by atoms with Gasteiger partial charge < -0.3 is 13.9 Å². The molecule has 0 saturated heterocycles. The molecule has 0 saturated carbocycles. The van der Waals surface area contributed by atoms with Crippen LogP contribution in [-0.4, -0.2) is 11.7 Å². The van der Waals surface area contributed by atoms with Gasteiger partial charge in [-0.15, -0.1) is 0 Å². The summed E-state index contributed by atoms with van der Waals surface area (Å²) in [5.41, 5.74) is 0. The monoisotopic (exact) mass is 348 g/mol. The molecule has 0 unspecified atom stereocenters. The smallest absolute Gasteiger partial charge is 0.0256 e. The van der Waals surface area contributed by atoms with Gasteiger partial charge in [-0.05, 0) is 6.61 Å². The van der Waals surface area contributed by atoms with Crippen LogP contribution in [0.5, 0.6) is 0 Å². The van der Waals surface area contributed by atoms with Crippen LogP contribution >= 0.6 is 0 Å². The van der Waals surface area contributed by atoms with Crippen molar-refractivity contribution < 1.29 is 13.9 Å². The first-order valence-electron chi connectivity index (χ1n) is 1.05. The fourth-order valence-corrected chi connectivity index (χ4v) is 0. The van der Waals surface area contributed by atoms with E-state index in [1.165, 1.54) is 0 Å². The van der Waals surface area contributed by atoms with E-state index in [9.17, 15) is 8.78 Å². The molecule has 1 nitrogen and oxygen atoms in total. The van der Waals surface area contributed by atoms with Crippen molar-refractivity contribution in [3.05, 3.63) is 6.43 Å². The van der Waals surface area contributed by atoms with Gasteiger partial charge in [0.1, 0.15) is 0 Å². The zero-order chi connectivity index (χ0) is 4.28. The van der Waals surface area contributed by atoms with Crippen molar-refractivity contribution in [2.24, 2.45) is 0 Å². The fourth-order valence-electron chi connectivity index (χ4n) is 0. The molecule has 34 valence electrons. The molecule has 0 rings (SSSR count). The summed E-state index contributed by atoms with van der Waals surface area (Å²) in [5, 5.41) is 7.36. The van der Waals surface area contributed by atoms with Crippen molar-refractivity contribution in [3.63, 3.8) is 0 Å². The van der Waals surface area contributed by atoms with Gasteiger partial charge in [0.15, 0.2) is 0 Å². The van der Waals surface area contributed by atoms with E-state index in [4.69, 9.17) is 5.11 Å². The van der Waals surface area contributed by atoms with Gasteiger partial charge in [0.05, 0.1) is 0 Å². The normalized spacial score (nSPS) is 8.00. The van der Waals surface area contributed by atoms with Crippen LogP contribution in [0.2, 0.25) is 0 Å². The minimum atomic E-state index is -1.94. The Kier molecular flexibility index (Phi) is 5.63. The molecule has 0 fully saturated rings. The largest absolute Gasteiger partial charge is 0.423 e. The molecule has 0 atom stereocenters. The minimum absolute atomic E-state index is 0. The molecule has 0 aliphatic heterocycles. The third-order valence-electron chi connectivity index (χ3n) is 0.120. The molecule has 0 heterocycles. The van der Waals surface area contributed by atoms with E-state index < -0.39 is 13.0 Å². The van der Waals surface area contributed by atoms with Crippen molar-refractivity contribution in [1.82, 2.24) is 0 Å². The first kappa shape index (κ1) is 8.84. The van der Waals surface area contributed by atoms with E-state index in [-0.39, 0.29) is 0 Å². The van der Waals surface area contributed by atoms with Crippen molar-refractivity contribution in [2.75, 3.05) is 6.61 Å². The fraction of sp³-hybridized carbons (Fsp3) is 0.500. The van der Waals surface area contributed by atoms with E-state index >= 15 is 0 Å². The Morgan fingerprint density at radius 1 is 1.50 bits per heavy atom. The van der Waals surface area contributed by atoms with Crippen LogP contribution < -0.4 is 0 Å². The standard InChI is InChI=1S/C2H3F2O.Rf/c3-2(4)1-5;/h5H,1H2;/q-1;. The Labute approximate surface area is 28.2 Å². The minimum Gasteiger partial charge on any atom is -0.423 e. The summed E-state index contributed by atoms with van der Waals surface area (Å²) in [5.74, 6) is 0. The molecular weight excluding hydrogens is 345 g/mol.